The number of hydrogen-bond donors (Lipinski definition) is 5. The van der Waals surface area contributed by atoms with Crippen molar-refractivity contribution < 1.29 is 35.1 Å². The summed E-state index contributed by atoms with van der Waals surface area (Å²) in [5, 5.41) is 38.9. The Balaban J connectivity index is -0.0000000871. The van der Waals surface area contributed by atoms with Gasteiger partial charge < -0.3 is 25.5 Å². The summed E-state index contributed by atoms with van der Waals surface area (Å²) in [5.74, 6) is -1.87. The third-order valence-corrected chi connectivity index (χ3v) is 1.05. The zero-order valence-corrected chi connectivity index (χ0v) is 12.3. The van der Waals surface area contributed by atoms with E-state index in [1.54, 1.807) is 0 Å². The zero-order chi connectivity index (χ0) is 17.1. The van der Waals surface area contributed by atoms with Gasteiger partial charge in [0.2, 0.25) is 0 Å². The van der Waals surface area contributed by atoms with Gasteiger partial charge in [0.05, 0.1) is 13.2 Å². The third-order valence-electron chi connectivity index (χ3n) is 1.05. The van der Waals surface area contributed by atoms with Gasteiger partial charge in [-0.25, -0.2) is 9.59 Å². The lowest BCUT2D eigenvalue weighted by Gasteiger charge is -1.79. The summed E-state index contributed by atoms with van der Waals surface area (Å²) in [4.78, 5) is 19.2. The molecule has 0 aromatic carbocycles. The number of aliphatic hydroxyl groups excluding tert-OH is 3. The van der Waals surface area contributed by atoms with Crippen LogP contribution >= 0.6 is 0 Å². The van der Waals surface area contributed by atoms with Crippen molar-refractivity contribution in [2.45, 2.75) is 27.2 Å². The lowest BCUT2D eigenvalue weighted by Crippen LogP contribution is -1.92. The number of carboxylic acids is 2. The molecule has 0 unspecified atom stereocenters. The molecule has 20 heavy (non-hydrogen) atoms. The molecular formula is C13H26O7. The SMILES string of the molecule is C=C(C)C(=O)O.C=C(C)C(=O)O.CCCO.OCCO. The minimum absolute atomic E-state index is 0.125. The monoisotopic (exact) mass is 294 g/mol. The number of rotatable bonds is 4. The summed E-state index contributed by atoms with van der Waals surface area (Å²) >= 11 is 0. The van der Waals surface area contributed by atoms with E-state index >= 15 is 0 Å². The molecule has 0 atom stereocenters. The number of carboxylic acid groups (broad SMARTS) is 2. The summed E-state index contributed by atoms with van der Waals surface area (Å²) in [6, 6.07) is 0. The minimum Gasteiger partial charge on any atom is -0.478 e. The first-order valence-corrected chi connectivity index (χ1v) is 5.72. The Kier molecular flexibility index (Phi) is 30.1. The Morgan fingerprint density at radius 2 is 0.950 bits per heavy atom. The summed E-state index contributed by atoms with van der Waals surface area (Å²) in [7, 11) is 0. The molecule has 0 saturated carbocycles. The van der Waals surface area contributed by atoms with Gasteiger partial charge in [-0.2, -0.15) is 0 Å². The van der Waals surface area contributed by atoms with E-state index in [-0.39, 0.29) is 24.4 Å². The lowest BCUT2D eigenvalue weighted by atomic mass is 10.4. The van der Waals surface area contributed by atoms with Crippen LogP contribution in [0.4, 0.5) is 0 Å². The third kappa shape index (κ3) is 55.4. The van der Waals surface area contributed by atoms with Gasteiger partial charge >= 0.3 is 11.9 Å². The highest BCUT2D eigenvalue weighted by molar-refractivity contribution is 5.85. The van der Waals surface area contributed by atoms with E-state index in [9.17, 15) is 9.59 Å². The molecule has 0 aromatic heterocycles. The fourth-order valence-corrected chi connectivity index (χ4v) is 0. The van der Waals surface area contributed by atoms with Crippen LogP contribution in [0.25, 0.3) is 0 Å². The van der Waals surface area contributed by atoms with Crippen molar-refractivity contribution in [2.75, 3.05) is 19.8 Å². The van der Waals surface area contributed by atoms with Crippen molar-refractivity contribution in [3.05, 3.63) is 24.3 Å². The van der Waals surface area contributed by atoms with E-state index in [4.69, 9.17) is 25.5 Å². The van der Waals surface area contributed by atoms with Gasteiger partial charge in [-0.05, 0) is 20.3 Å². The van der Waals surface area contributed by atoms with E-state index in [0.29, 0.717) is 6.61 Å². The van der Waals surface area contributed by atoms with Crippen LogP contribution in [-0.4, -0.2) is 57.3 Å². The van der Waals surface area contributed by atoms with Gasteiger partial charge in [-0.1, -0.05) is 20.1 Å². The molecule has 0 spiro atoms. The van der Waals surface area contributed by atoms with E-state index in [1.807, 2.05) is 6.92 Å². The minimum atomic E-state index is -0.935. The molecule has 0 aliphatic carbocycles. The first-order valence-electron chi connectivity index (χ1n) is 5.72. The van der Waals surface area contributed by atoms with Crippen LogP contribution in [-0.2, 0) is 9.59 Å². The molecule has 0 aliphatic heterocycles. The van der Waals surface area contributed by atoms with Crippen LogP contribution in [0, 0.1) is 0 Å². The normalized spacial score (nSPS) is 7.50. The fraction of sp³-hybridized carbons (Fsp3) is 0.538. The molecule has 5 N–H and O–H groups in total. The highest BCUT2D eigenvalue weighted by Gasteiger charge is 1.90. The number of aliphatic hydroxyl groups is 3. The summed E-state index contributed by atoms with van der Waals surface area (Å²) in [6.07, 6.45) is 0.875. The number of carbonyl (C=O) groups is 2. The van der Waals surface area contributed by atoms with Crippen LogP contribution < -0.4 is 0 Å². The molecule has 0 aromatic rings. The zero-order valence-electron chi connectivity index (χ0n) is 12.3. The van der Waals surface area contributed by atoms with E-state index in [0.717, 1.165) is 6.42 Å². The van der Waals surface area contributed by atoms with Crippen molar-refractivity contribution in [3.8, 4) is 0 Å². The highest BCUT2D eigenvalue weighted by atomic mass is 16.4. The van der Waals surface area contributed by atoms with Crippen molar-refractivity contribution in [3.63, 3.8) is 0 Å². The van der Waals surface area contributed by atoms with Gasteiger partial charge in [0.25, 0.3) is 0 Å². The van der Waals surface area contributed by atoms with Crippen molar-refractivity contribution in [1.82, 2.24) is 0 Å². The Bertz CT molecular complexity index is 216. The molecule has 0 radical (unpaired) electrons. The quantitative estimate of drug-likeness (QED) is 0.480. The molecule has 0 rings (SSSR count). The Morgan fingerprint density at radius 1 is 0.800 bits per heavy atom. The van der Waals surface area contributed by atoms with Gasteiger partial charge in [-0.15, -0.1) is 0 Å². The largest absolute Gasteiger partial charge is 0.478 e. The molecule has 0 bridgehead atoms. The second kappa shape index (κ2) is 22.5. The molecular weight excluding hydrogens is 268 g/mol. The average Bonchev–Trinajstić information content (AvgIpc) is 2.39. The van der Waals surface area contributed by atoms with Gasteiger partial charge in [0.1, 0.15) is 0 Å². The maximum absolute atomic E-state index is 9.60. The standard InChI is InChI=1S/2C4H6O2.C3H8O.C2H6O2/c2*1-3(2)4(5)6;1-2-3-4;3-1-2-4/h2*1H2,2H3,(H,5,6);4H,2-3H2,1H3;3-4H,1-2H2. The van der Waals surface area contributed by atoms with Crippen molar-refractivity contribution in [2.24, 2.45) is 0 Å². The van der Waals surface area contributed by atoms with Gasteiger partial charge in [0, 0.05) is 17.8 Å². The summed E-state index contributed by atoms with van der Waals surface area (Å²) < 4.78 is 0. The molecule has 7 nitrogen and oxygen atoms in total. The van der Waals surface area contributed by atoms with Crippen LogP contribution in [0.1, 0.15) is 27.2 Å². The van der Waals surface area contributed by atoms with Gasteiger partial charge in [-0.3, -0.25) is 0 Å². The second-order valence-corrected chi connectivity index (χ2v) is 3.34. The lowest BCUT2D eigenvalue weighted by molar-refractivity contribution is -0.133. The smallest absolute Gasteiger partial charge is 0.330 e. The van der Waals surface area contributed by atoms with Crippen LogP contribution in [0.2, 0.25) is 0 Å². The number of hydrogen-bond acceptors (Lipinski definition) is 5. The first kappa shape index (κ1) is 26.8. The molecule has 0 fully saturated rings. The van der Waals surface area contributed by atoms with Gasteiger partial charge in [0.15, 0.2) is 0 Å². The summed E-state index contributed by atoms with van der Waals surface area (Å²) in [5.41, 5.74) is 0.352. The molecule has 0 amide bonds. The fourth-order valence-electron chi connectivity index (χ4n) is 0. The molecule has 7 heteroatoms. The molecule has 120 valence electrons. The maximum Gasteiger partial charge on any atom is 0.330 e. The Morgan fingerprint density at radius 3 is 0.950 bits per heavy atom. The predicted molar refractivity (Wildman–Crippen MR) is 76.4 cm³/mol. The second-order valence-electron chi connectivity index (χ2n) is 3.34. The summed E-state index contributed by atoms with van der Waals surface area (Å²) in [6.45, 7) is 11.2. The Labute approximate surface area is 119 Å². The maximum atomic E-state index is 9.60. The van der Waals surface area contributed by atoms with Crippen molar-refractivity contribution >= 4 is 11.9 Å². The van der Waals surface area contributed by atoms with E-state index in [1.165, 1.54) is 13.8 Å². The predicted octanol–water partition coefficient (Wildman–Crippen LogP) is 0.654. The highest BCUT2D eigenvalue weighted by Crippen LogP contribution is 1.81. The first-order chi connectivity index (χ1) is 9.11. The average molecular weight is 294 g/mol. The van der Waals surface area contributed by atoms with Crippen molar-refractivity contribution in [1.29, 1.82) is 0 Å². The van der Waals surface area contributed by atoms with Crippen LogP contribution in [0.15, 0.2) is 24.3 Å². The number of aliphatic carboxylic acids is 2. The molecule has 0 saturated heterocycles. The van der Waals surface area contributed by atoms with Crippen LogP contribution in [0.3, 0.4) is 0 Å². The Hall–Kier alpha value is -1.70. The van der Waals surface area contributed by atoms with E-state index < -0.39 is 11.9 Å². The molecule has 0 aliphatic rings. The van der Waals surface area contributed by atoms with E-state index in [2.05, 4.69) is 13.2 Å². The van der Waals surface area contributed by atoms with Crippen LogP contribution in [0.5, 0.6) is 0 Å². The topological polar surface area (TPSA) is 135 Å². The molecule has 0 heterocycles.